The standard InChI is InChI=1S/C29H27Cl2N3O3S/c1-20-16-23(29(35)34-14-12-33(13-15-34)18-21-7-10-25(30)26(31)17-21)8-9-24(20)19-38(36,37)27-6-2-4-22-5-3-11-32-28(22)27/h2-11,16-17H,12-15,18-19H2,1H3. The molecule has 1 aliphatic heterocycles. The number of benzene rings is 3. The van der Waals surface area contributed by atoms with Crippen molar-refractivity contribution < 1.29 is 13.2 Å². The van der Waals surface area contributed by atoms with Gasteiger partial charge in [-0.1, -0.05) is 53.5 Å². The number of amides is 1. The molecule has 0 bridgehead atoms. The summed E-state index contributed by atoms with van der Waals surface area (Å²) in [6, 6.07) is 19.7. The number of rotatable bonds is 6. The lowest BCUT2D eigenvalue weighted by Crippen LogP contribution is -2.48. The van der Waals surface area contributed by atoms with Gasteiger partial charge in [-0.2, -0.15) is 0 Å². The Balaban J connectivity index is 1.24. The van der Waals surface area contributed by atoms with Crippen LogP contribution in [0.3, 0.4) is 0 Å². The maximum atomic E-state index is 13.3. The molecule has 4 aromatic rings. The Kier molecular flexibility index (Phi) is 7.73. The first-order valence-corrected chi connectivity index (χ1v) is 14.7. The molecule has 0 unspecified atom stereocenters. The van der Waals surface area contributed by atoms with Gasteiger partial charge in [-0.3, -0.25) is 14.7 Å². The molecule has 1 saturated heterocycles. The SMILES string of the molecule is Cc1cc(C(=O)N2CCN(Cc3ccc(Cl)c(Cl)c3)CC2)ccc1CS(=O)(=O)c1cccc2cccnc12. The highest BCUT2D eigenvalue weighted by Crippen LogP contribution is 2.26. The van der Waals surface area contributed by atoms with E-state index in [4.69, 9.17) is 23.2 Å². The van der Waals surface area contributed by atoms with E-state index in [2.05, 4.69) is 9.88 Å². The van der Waals surface area contributed by atoms with E-state index >= 15 is 0 Å². The van der Waals surface area contributed by atoms with Crippen molar-refractivity contribution in [2.75, 3.05) is 26.2 Å². The highest BCUT2D eigenvalue weighted by molar-refractivity contribution is 7.90. The predicted octanol–water partition coefficient (Wildman–Crippen LogP) is 5.78. The number of piperazine rings is 1. The van der Waals surface area contributed by atoms with Crippen LogP contribution in [0.15, 0.2) is 77.8 Å². The van der Waals surface area contributed by atoms with E-state index in [1.165, 1.54) is 0 Å². The summed E-state index contributed by atoms with van der Waals surface area (Å²) < 4.78 is 26.6. The van der Waals surface area contributed by atoms with Crippen molar-refractivity contribution in [2.24, 2.45) is 0 Å². The Bertz CT molecular complexity index is 1610. The van der Waals surface area contributed by atoms with E-state index in [0.29, 0.717) is 39.8 Å². The van der Waals surface area contributed by atoms with Crippen molar-refractivity contribution in [3.05, 3.63) is 105 Å². The minimum absolute atomic E-state index is 0.0463. The van der Waals surface area contributed by atoms with Gasteiger partial charge < -0.3 is 4.90 Å². The van der Waals surface area contributed by atoms with Gasteiger partial charge in [0.05, 0.1) is 26.2 Å². The monoisotopic (exact) mass is 567 g/mol. The highest BCUT2D eigenvalue weighted by Gasteiger charge is 2.24. The van der Waals surface area contributed by atoms with Gasteiger partial charge >= 0.3 is 0 Å². The minimum Gasteiger partial charge on any atom is -0.336 e. The summed E-state index contributed by atoms with van der Waals surface area (Å²) in [7, 11) is -3.63. The van der Waals surface area contributed by atoms with Crippen LogP contribution in [-0.4, -0.2) is 55.3 Å². The maximum Gasteiger partial charge on any atom is 0.253 e. The van der Waals surface area contributed by atoms with Crippen LogP contribution in [0, 0.1) is 6.92 Å². The summed E-state index contributed by atoms with van der Waals surface area (Å²) in [6.45, 7) is 5.32. The van der Waals surface area contributed by atoms with Gasteiger partial charge in [-0.15, -0.1) is 0 Å². The smallest absolute Gasteiger partial charge is 0.253 e. The Morgan fingerprint density at radius 3 is 2.42 bits per heavy atom. The molecule has 0 radical (unpaired) electrons. The first-order valence-electron chi connectivity index (χ1n) is 12.3. The van der Waals surface area contributed by atoms with Crippen molar-refractivity contribution >= 4 is 49.8 Å². The molecular weight excluding hydrogens is 541 g/mol. The Morgan fingerprint density at radius 2 is 1.68 bits per heavy atom. The van der Waals surface area contributed by atoms with Gasteiger partial charge in [-0.05, 0) is 60.0 Å². The van der Waals surface area contributed by atoms with Crippen LogP contribution < -0.4 is 0 Å². The number of carbonyl (C=O) groups is 1. The third-order valence-electron chi connectivity index (χ3n) is 6.92. The Hall–Kier alpha value is -2.97. The fourth-order valence-corrected chi connectivity index (χ4v) is 6.75. The predicted molar refractivity (Wildman–Crippen MR) is 151 cm³/mol. The van der Waals surface area contributed by atoms with E-state index in [-0.39, 0.29) is 16.6 Å². The van der Waals surface area contributed by atoms with Crippen LogP contribution in [0.4, 0.5) is 0 Å². The summed E-state index contributed by atoms with van der Waals surface area (Å²) in [4.78, 5) is 21.8. The zero-order valence-electron chi connectivity index (χ0n) is 20.9. The number of carbonyl (C=O) groups excluding carboxylic acids is 1. The molecule has 38 heavy (non-hydrogen) atoms. The summed E-state index contributed by atoms with van der Waals surface area (Å²) >= 11 is 12.2. The molecule has 9 heteroatoms. The van der Waals surface area contributed by atoms with Crippen LogP contribution >= 0.6 is 23.2 Å². The summed E-state index contributed by atoms with van der Waals surface area (Å²) in [5.74, 6) is -0.203. The van der Waals surface area contributed by atoms with Crippen molar-refractivity contribution in [3.63, 3.8) is 0 Å². The zero-order chi connectivity index (χ0) is 26.9. The van der Waals surface area contributed by atoms with Crippen LogP contribution in [0.2, 0.25) is 10.0 Å². The Labute approximate surface area is 232 Å². The minimum atomic E-state index is -3.63. The number of para-hydroxylation sites is 1. The summed E-state index contributed by atoms with van der Waals surface area (Å²) in [5.41, 5.74) is 3.55. The van der Waals surface area contributed by atoms with E-state index in [1.54, 1.807) is 48.7 Å². The maximum absolute atomic E-state index is 13.3. The normalized spacial score (nSPS) is 14.7. The third kappa shape index (κ3) is 5.71. The van der Waals surface area contributed by atoms with Gasteiger partial charge in [-0.25, -0.2) is 8.42 Å². The lowest BCUT2D eigenvalue weighted by Gasteiger charge is -2.35. The molecule has 0 atom stereocenters. The largest absolute Gasteiger partial charge is 0.336 e. The average Bonchev–Trinajstić information content (AvgIpc) is 2.91. The molecule has 5 rings (SSSR count). The van der Waals surface area contributed by atoms with Crippen LogP contribution in [0.5, 0.6) is 0 Å². The van der Waals surface area contributed by atoms with Gasteiger partial charge in [0.15, 0.2) is 9.84 Å². The molecule has 1 fully saturated rings. The van der Waals surface area contributed by atoms with Gasteiger partial charge in [0.1, 0.15) is 0 Å². The lowest BCUT2D eigenvalue weighted by atomic mass is 10.1. The molecule has 0 aliphatic carbocycles. The van der Waals surface area contributed by atoms with Crippen molar-refractivity contribution in [1.82, 2.24) is 14.8 Å². The fourth-order valence-electron chi connectivity index (χ4n) is 4.79. The fraction of sp³-hybridized carbons (Fsp3) is 0.241. The number of pyridine rings is 1. The van der Waals surface area contributed by atoms with Crippen LogP contribution in [0.25, 0.3) is 10.9 Å². The van der Waals surface area contributed by atoms with Gasteiger partial charge in [0.2, 0.25) is 0 Å². The molecule has 3 aromatic carbocycles. The second-order valence-corrected chi connectivity index (χ2v) is 12.3. The second-order valence-electron chi connectivity index (χ2n) is 9.55. The number of aromatic nitrogens is 1. The first-order chi connectivity index (χ1) is 18.2. The number of nitrogens with zero attached hydrogens (tertiary/aromatic N) is 3. The molecule has 6 nitrogen and oxygen atoms in total. The number of sulfone groups is 1. The van der Waals surface area contributed by atoms with Crippen molar-refractivity contribution in [3.8, 4) is 0 Å². The van der Waals surface area contributed by atoms with Crippen molar-refractivity contribution in [2.45, 2.75) is 24.1 Å². The van der Waals surface area contributed by atoms with Crippen LogP contribution in [0.1, 0.15) is 27.0 Å². The number of hydrogen-bond acceptors (Lipinski definition) is 5. The number of fused-ring (bicyclic) bond motifs is 1. The topological polar surface area (TPSA) is 70.6 Å². The molecule has 0 spiro atoms. The number of aryl methyl sites for hydroxylation is 1. The molecule has 2 heterocycles. The molecule has 0 N–H and O–H groups in total. The van der Waals surface area contributed by atoms with E-state index in [0.717, 1.165) is 36.1 Å². The molecule has 1 aliphatic rings. The quantitative estimate of drug-likeness (QED) is 0.295. The molecule has 196 valence electrons. The Morgan fingerprint density at radius 1 is 0.921 bits per heavy atom. The summed E-state index contributed by atoms with van der Waals surface area (Å²) in [6.07, 6.45) is 1.60. The highest BCUT2D eigenvalue weighted by atomic mass is 35.5. The van der Waals surface area contributed by atoms with E-state index in [9.17, 15) is 13.2 Å². The van der Waals surface area contributed by atoms with Crippen LogP contribution in [-0.2, 0) is 22.1 Å². The number of halogens is 2. The molecule has 1 aromatic heterocycles. The average molecular weight is 569 g/mol. The summed E-state index contributed by atoms with van der Waals surface area (Å²) in [5, 5.41) is 1.86. The molecule has 1 amide bonds. The van der Waals surface area contributed by atoms with Gasteiger partial charge in [0, 0.05) is 49.9 Å². The van der Waals surface area contributed by atoms with Gasteiger partial charge in [0.25, 0.3) is 5.91 Å². The molecule has 0 saturated carbocycles. The molecular formula is C29H27Cl2N3O3S. The first kappa shape index (κ1) is 26.6. The third-order valence-corrected chi connectivity index (χ3v) is 9.35. The number of hydrogen-bond donors (Lipinski definition) is 0. The lowest BCUT2D eigenvalue weighted by molar-refractivity contribution is 0.0628. The van der Waals surface area contributed by atoms with E-state index < -0.39 is 9.84 Å². The second kappa shape index (κ2) is 11.0. The van der Waals surface area contributed by atoms with Crippen molar-refractivity contribution in [1.29, 1.82) is 0 Å². The zero-order valence-corrected chi connectivity index (χ0v) is 23.2. The van der Waals surface area contributed by atoms with E-state index in [1.807, 2.05) is 36.1 Å².